The number of benzene rings is 1. The average Bonchev–Trinajstić information content (AvgIpc) is 2.18. The molecule has 0 unspecified atom stereocenters. The topological polar surface area (TPSA) is 17.1 Å². The van der Waals surface area contributed by atoms with Crippen molar-refractivity contribution in [1.29, 1.82) is 0 Å². The molecule has 0 atom stereocenters. The van der Waals surface area contributed by atoms with Gasteiger partial charge in [-0.3, -0.25) is 4.79 Å². The van der Waals surface area contributed by atoms with Gasteiger partial charge >= 0.3 is 0 Å². The molecule has 66 valence electrons. The van der Waals surface area contributed by atoms with Gasteiger partial charge in [-0.1, -0.05) is 30.9 Å². The summed E-state index contributed by atoms with van der Waals surface area (Å²) in [5.41, 5.74) is 3.21. The first-order chi connectivity index (χ1) is 6.33. The molecule has 1 aromatic rings. The van der Waals surface area contributed by atoms with Crippen LogP contribution in [-0.2, 0) is 6.42 Å². The molecule has 0 fully saturated rings. The molecule has 1 nitrogen and oxygen atoms in total. The molecule has 2 rings (SSSR count). The molecule has 0 heterocycles. The number of Topliss-reactive ketones (excluding diaryl/α,β-unsaturated/α-hetero) is 1. The highest BCUT2D eigenvalue weighted by molar-refractivity contribution is 5.99. The quantitative estimate of drug-likeness (QED) is 0.636. The molecule has 0 aliphatic heterocycles. The molecule has 0 amide bonds. The van der Waals surface area contributed by atoms with Crippen LogP contribution < -0.4 is 0 Å². The monoisotopic (exact) mass is 172 g/mol. The number of hydrogen-bond acceptors (Lipinski definition) is 1. The van der Waals surface area contributed by atoms with Gasteiger partial charge in [-0.05, 0) is 24.0 Å². The SMILES string of the molecule is C=Cc1cccc2c1CCCC2=O. The van der Waals surface area contributed by atoms with Crippen molar-refractivity contribution in [2.24, 2.45) is 0 Å². The Morgan fingerprint density at radius 2 is 2.15 bits per heavy atom. The van der Waals surface area contributed by atoms with Crippen LogP contribution in [0.3, 0.4) is 0 Å². The predicted octanol–water partition coefficient (Wildman–Crippen LogP) is 2.85. The van der Waals surface area contributed by atoms with Crippen LogP contribution in [0.4, 0.5) is 0 Å². The fourth-order valence-corrected chi connectivity index (χ4v) is 1.90. The minimum absolute atomic E-state index is 0.282. The molecule has 0 radical (unpaired) electrons. The normalized spacial score (nSPS) is 15.2. The van der Waals surface area contributed by atoms with E-state index in [1.807, 2.05) is 24.3 Å². The lowest BCUT2D eigenvalue weighted by Gasteiger charge is -2.16. The van der Waals surface area contributed by atoms with Crippen molar-refractivity contribution in [3.8, 4) is 0 Å². The van der Waals surface area contributed by atoms with Crippen molar-refractivity contribution >= 4 is 11.9 Å². The van der Waals surface area contributed by atoms with E-state index in [0.29, 0.717) is 6.42 Å². The number of rotatable bonds is 1. The molecule has 13 heavy (non-hydrogen) atoms. The van der Waals surface area contributed by atoms with Gasteiger partial charge in [0.1, 0.15) is 0 Å². The maximum Gasteiger partial charge on any atom is 0.163 e. The van der Waals surface area contributed by atoms with E-state index in [1.54, 1.807) is 0 Å². The second-order valence-electron chi connectivity index (χ2n) is 3.35. The fraction of sp³-hybridized carbons (Fsp3) is 0.250. The Hall–Kier alpha value is -1.37. The lowest BCUT2D eigenvalue weighted by molar-refractivity contribution is 0.0972. The third kappa shape index (κ3) is 1.31. The zero-order valence-corrected chi connectivity index (χ0v) is 7.55. The van der Waals surface area contributed by atoms with E-state index < -0.39 is 0 Å². The standard InChI is InChI=1S/C12H12O/c1-2-9-5-3-7-11-10(9)6-4-8-12(11)13/h2-3,5,7H,1,4,6,8H2. The van der Waals surface area contributed by atoms with Gasteiger partial charge in [-0.2, -0.15) is 0 Å². The zero-order chi connectivity index (χ0) is 9.26. The highest BCUT2D eigenvalue weighted by atomic mass is 16.1. The Kier molecular flexibility index (Phi) is 2.01. The van der Waals surface area contributed by atoms with E-state index in [0.717, 1.165) is 24.0 Å². The number of carbonyl (C=O) groups is 1. The van der Waals surface area contributed by atoms with Crippen LogP contribution in [0.5, 0.6) is 0 Å². The van der Waals surface area contributed by atoms with Crippen LogP contribution in [0.25, 0.3) is 6.08 Å². The molecular formula is C12H12O. The highest BCUT2D eigenvalue weighted by Crippen LogP contribution is 2.24. The molecule has 0 bridgehead atoms. The molecule has 1 aromatic carbocycles. The van der Waals surface area contributed by atoms with E-state index in [9.17, 15) is 4.79 Å². The van der Waals surface area contributed by atoms with Gasteiger partial charge in [0.05, 0.1) is 0 Å². The van der Waals surface area contributed by atoms with Crippen molar-refractivity contribution in [3.63, 3.8) is 0 Å². The van der Waals surface area contributed by atoms with Gasteiger partial charge in [0.25, 0.3) is 0 Å². The van der Waals surface area contributed by atoms with Crippen molar-refractivity contribution in [3.05, 3.63) is 41.5 Å². The van der Waals surface area contributed by atoms with Crippen molar-refractivity contribution < 1.29 is 4.79 Å². The molecule has 0 saturated carbocycles. The maximum absolute atomic E-state index is 11.5. The zero-order valence-electron chi connectivity index (χ0n) is 7.55. The molecule has 1 aliphatic rings. The van der Waals surface area contributed by atoms with Crippen LogP contribution in [-0.4, -0.2) is 5.78 Å². The number of fused-ring (bicyclic) bond motifs is 1. The highest BCUT2D eigenvalue weighted by Gasteiger charge is 2.17. The first-order valence-corrected chi connectivity index (χ1v) is 4.60. The van der Waals surface area contributed by atoms with Crippen LogP contribution in [0, 0.1) is 0 Å². The molecule has 0 saturated heterocycles. The van der Waals surface area contributed by atoms with Gasteiger partial charge in [-0.25, -0.2) is 0 Å². The first kappa shape index (κ1) is 8.24. The fourth-order valence-electron chi connectivity index (χ4n) is 1.90. The van der Waals surface area contributed by atoms with Crippen molar-refractivity contribution in [2.75, 3.05) is 0 Å². The summed E-state index contributed by atoms with van der Waals surface area (Å²) in [5, 5.41) is 0. The lowest BCUT2D eigenvalue weighted by Crippen LogP contribution is -2.11. The van der Waals surface area contributed by atoms with Crippen LogP contribution in [0.1, 0.15) is 34.3 Å². The maximum atomic E-state index is 11.5. The third-order valence-corrected chi connectivity index (χ3v) is 2.56. The summed E-state index contributed by atoms with van der Waals surface area (Å²) in [6.07, 6.45) is 4.53. The predicted molar refractivity (Wildman–Crippen MR) is 53.8 cm³/mol. The Labute approximate surface area is 78.1 Å². The minimum Gasteiger partial charge on any atom is -0.294 e. The second kappa shape index (κ2) is 3.17. The molecular weight excluding hydrogens is 160 g/mol. The average molecular weight is 172 g/mol. The number of ketones is 1. The van der Waals surface area contributed by atoms with E-state index in [4.69, 9.17) is 0 Å². The van der Waals surface area contributed by atoms with Gasteiger partial charge in [0, 0.05) is 12.0 Å². The molecule has 0 spiro atoms. The van der Waals surface area contributed by atoms with Crippen molar-refractivity contribution in [2.45, 2.75) is 19.3 Å². The van der Waals surface area contributed by atoms with Gasteiger partial charge in [0.2, 0.25) is 0 Å². The third-order valence-electron chi connectivity index (χ3n) is 2.56. The Balaban J connectivity index is 2.60. The van der Waals surface area contributed by atoms with E-state index in [-0.39, 0.29) is 5.78 Å². The summed E-state index contributed by atoms with van der Waals surface area (Å²) >= 11 is 0. The largest absolute Gasteiger partial charge is 0.294 e. The smallest absolute Gasteiger partial charge is 0.163 e. The minimum atomic E-state index is 0.282. The van der Waals surface area contributed by atoms with Gasteiger partial charge in [0.15, 0.2) is 5.78 Å². The van der Waals surface area contributed by atoms with Gasteiger partial charge in [-0.15, -0.1) is 0 Å². The first-order valence-electron chi connectivity index (χ1n) is 4.60. The van der Waals surface area contributed by atoms with Crippen LogP contribution in [0.2, 0.25) is 0 Å². The molecule has 1 heteroatoms. The number of carbonyl (C=O) groups excluding carboxylic acids is 1. The Morgan fingerprint density at radius 1 is 1.31 bits per heavy atom. The van der Waals surface area contributed by atoms with Gasteiger partial charge < -0.3 is 0 Å². The molecule has 1 aliphatic carbocycles. The molecule has 0 N–H and O–H groups in total. The Bertz CT molecular complexity index is 363. The summed E-state index contributed by atoms with van der Waals surface area (Å²) in [7, 11) is 0. The summed E-state index contributed by atoms with van der Waals surface area (Å²) in [4.78, 5) is 11.5. The van der Waals surface area contributed by atoms with Crippen molar-refractivity contribution in [1.82, 2.24) is 0 Å². The summed E-state index contributed by atoms with van der Waals surface area (Å²) in [6, 6.07) is 5.87. The Morgan fingerprint density at radius 3 is 2.92 bits per heavy atom. The summed E-state index contributed by atoms with van der Waals surface area (Å²) in [5.74, 6) is 0.282. The van der Waals surface area contributed by atoms with E-state index >= 15 is 0 Å². The summed E-state index contributed by atoms with van der Waals surface area (Å²) in [6.45, 7) is 3.75. The van der Waals surface area contributed by atoms with E-state index in [1.165, 1.54) is 5.56 Å². The second-order valence-corrected chi connectivity index (χ2v) is 3.35. The van der Waals surface area contributed by atoms with Crippen LogP contribution >= 0.6 is 0 Å². The molecule has 0 aromatic heterocycles. The van der Waals surface area contributed by atoms with Crippen LogP contribution in [0.15, 0.2) is 24.8 Å². The summed E-state index contributed by atoms with van der Waals surface area (Å²) < 4.78 is 0. The number of hydrogen-bond donors (Lipinski definition) is 0. The van der Waals surface area contributed by atoms with E-state index in [2.05, 4.69) is 6.58 Å². The lowest BCUT2D eigenvalue weighted by atomic mass is 9.87.